The Hall–Kier alpha value is -2.04. The first-order valence-electron chi connectivity index (χ1n) is 7.54. The third-order valence-electron chi connectivity index (χ3n) is 3.74. The fourth-order valence-electron chi connectivity index (χ4n) is 2.25. The standard InChI is InChI=1S/C16H24N4O/c1-12(21)20-15-7-5-13(6-8-15)9-10-18-16(17)19-11-14-3-2-4-14/h5-8,14H,2-4,9-11H2,1H3,(H,20,21)(H3,17,18,19). The number of rotatable bonds is 6. The van der Waals surface area contributed by atoms with Crippen molar-refractivity contribution in [2.75, 3.05) is 18.4 Å². The zero-order valence-corrected chi connectivity index (χ0v) is 12.6. The van der Waals surface area contributed by atoms with Crippen molar-refractivity contribution in [2.24, 2.45) is 16.6 Å². The van der Waals surface area contributed by atoms with Crippen molar-refractivity contribution in [1.82, 2.24) is 5.32 Å². The van der Waals surface area contributed by atoms with Crippen LogP contribution in [-0.2, 0) is 11.2 Å². The number of nitrogens with two attached hydrogens (primary N) is 1. The topological polar surface area (TPSA) is 79.5 Å². The highest BCUT2D eigenvalue weighted by atomic mass is 16.1. The Morgan fingerprint density at radius 2 is 2.05 bits per heavy atom. The average Bonchev–Trinajstić information content (AvgIpc) is 2.38. The van der Waals surface area contributed by atoms with Gasteiger partial charge in [-0.2, -0.15) is 0 Å². The van der Waals surface area contributed by atoms with Crippen molar-refractivity contribution in [3.63, 3.8) is 0 Å². The number of carbonyl (C=O) groups excluding carboxylic acids is 1. The molecule has 0 heterocycles. The highest BCUT2D eigenvalue weighted by molar-refractivity contribution is 5.88. The quantitative estimate of drug-likeness (QED) is 0.552. The van der Waals surface area contributed by atoms with Crippen molar-refractivity contribution >= 4 is 17.6 Å². The van der Waals surface area contributed by atoms with Crippen LogP contribution in [0.25, 0.3) is 0 Å². The molecular formula is C16H24N4O. The number of hydrogen-bond donors (Lipinski definition) is 3. The van der Waals surface area contributed by atoms with E-state index in [2.05, 4.69) is 15.6 Å². The number of amides is 1. The monoisotopic (exact) mass is 288 g/mol. The Labute approximate surface area is 126 Å². The van der Waals surface area contributed by atoms with Crippen molar-refractivity contribution in [3.8, 4) is 0 Å². The first-order valence-corrected chi connectivity index (χ1v) is 7.54. The molecule has 1 aromatic rings. The molecule has 1 amide bonds. The molecule has 1 fully saturated rings. The molecular weight excluding hydrogens is 264 g/mol. The third-order valence-corrected chi connectivity index (χ3v) is 3.74. The van der Waals surface area contributed by atoms with Crippen LogP contribution in [0.4, 0.5) is 5.69 Å². The Morgan fingerprint density at radius 3 is 2.62 bits per heavy atom. The van der Waals surface area contributed by atoms with Crippen LogP contribution in [-0.4, -0.2) is 25.0 Å². The first kappa shape index (κ1) is 15.4. The second-order valence-corrected chi connectivity index (χ2v) is 5.58. The lowest BCUT2D eigenvalue weighted by atomic mass is 9.86. The van der Waals surface area contributed by atoms with Gasteiger partial charge in [-0.1, -0.05) is 18.6 Å². The zero-order valence-electron chi connectivity index (χ0n) is 12.6. The number of guanidine groups is 1. The van der Waals surface area contributed by atoms with Gasteiger partial charge in [0, 0.05) is 25.7 Å². The Balaban J connectivity index is 1.68. The summed E-state index contributed by atoms with van der Waals surface area (Å²) in [4.78, 5) is 15.3. The second kappa shape index (κ2) is 7.67. The predicted octanol–water partition coefficient (Wildman–Crippen LogP) is 1.89. The van der Waals surface area contributed by atoms with Crippen LogP contribution in [0.3, 0.4) is 0 Å². The molecule has 0 radical (unpaired) electrons. The molecule has 4 N–H and O–H groups in total. The maximum atomic E-state index is 10.9. The number of benzene rings is 1. The predicted molar refractivity (Wildman–Crippen MR) is 86.3 cm³/mol. The third kappa shape index (κ3) is 5.45. The lowest BCUT2D eigenvalue weighted by Crippen LogP contribution is -2.34. The van der Waals surface area contributed by atoms with Gasteiger partial charge in [0.25, 0.3) is 0 Å². The van der Waals surface area contributed by atoms with Crippen molar-refractivity contribution in [1.29, 1.82) is 0 Å². The van der Waals surface area contributed by atoms with Gasteiger partial charge >= 0.3 is 0 Å². The van der Waals surface area contributed by atoms with Gasteiger partial charge in [0.15, 0.2) is 5.96 Å². The molecule has 0 atom stereocenters. The number of nitrogens with one attached hydrogen (secondary N) is 2. The fourth-order valence-corrected chi connectivity index (χ4v) is 2.25. The molecule has 0 saturated heterocycles. The molecule has 1 aliphatic rings. The van der Waals surface area contributed by atoms with Crippen LogP contribution in [0.1, 0.15) is 31.7 Å². The van der Waals surface area contributed by atoms with Crippen molar-refractivity contribution in [3.05, 3.63) is 29.8 Å². The van der Waals surface area contributed by atoms with E-state index >= 15 is 0 Å². The number of aliphatic imine (C=N–C) groups is 1. The van der Waals surface area contributed by atoms with E-state index in [1.807, 2.05) is 24.3 Å². The number of anilines is 1. The van der Waals surface area contributed by atoms with E-state index < -0.39 is 0 Å². The van der Waals surface area contributed by atoms with E-state index in [0.717, 1.165) is 31.1 Å². The van der Waals surface area contributed by atoms with Crippen LogP contribution in [0.2, 0.25) is 0 Å². The molecule has 0 unspecified atom stereocenters. The summed E-state index contributed by atoms with van der Waals surface area (Å²) in [6.07, 6.45) is 4.79. The van der Waals surface area contributed by atoms with Crippen LogP contribution in [0, 0.1) is 5.92 Å². The normalized spacial score (nSPS) is 15.4. The summed E-state index contributed by atoms with van der Waals surface area (Å²) < 4.78 is 0. The Kier molecular flexibility index (Phi) is 5.60. The summed E-state index contributed by atoms with van der Waals surface area (Å²) in [5, 5.41) is 5.89. The summed E-state index contributed by atoms with van der Waals surface area (Å²) >= 11 is 0. The molecule has 5 heteroatoms. The number of hydrogen-bond acceptors (Lipinski definition) is 2. The minimum atomic E-state index is -0.0557. The van der Waals surface area contributed by atoms with Gasteiger partial charge in [-0.25, -0.2) is 0 Å². The molecule has 0 bridgehead atoms. The minimum Gasteiger partial charge on any atom is -0.370 e. The zero-order chi connectivity index (χ0) is 15.1. The SMILES string of the molecule is CC(=O)Nc1ccc(CCNC(N)=NCC2CCC2)cc1. The highest BCUT2D eigenvalue weighted by Gasteiger charge is 2.16. The highest BCUT2D eigenvalue weighted by Crippen LogP contribution is 2.26. The van der Waals surface area contributed by atoms with Gasteiger partial charge in [-0.3, -0.25) is 9.79 Å². The fraction of sp³-hybridized carbons (Fsp3) is 0.500. The molecule has 5 nitrogen and oxygen atoms in total. The smallest absolute Gasteiger partial charge is 0.221 e. The number of nitrogens with zero attached hydrogens (tertiary/aromatic N) is 1. The van der Waals surface area contributed by atoms with Crippen LogP contribution >= 0.6 is 0 Å². The molecule has 0 spiro atoms. The summed E-state index contributed by atoms with van der Waals surface area (Å²) in [7, 11) is 0. The van der Waals surface area contributed by atoms with Gasteiger partial charge in [0.05, 0.1) is 0 Å². The molecule has 114 valence electrons. The van der Waals surface area contributed by atoms with E-state index in [4.69, 9.17) is 5.73 Å². The van der Waals surface area contributed by atoms with Crippen molar-refractivity contribution < 1.29 is 4.79 Å². The minimum absolute atomic E-state index is 0.0557. The maximum absolute atomic E-state index is 10.9. The molecule has 2 rings (SSSR count). The molecule has 21 heavy (non-hydrogen) atoms. The Morgan fingerprint density at radius 1 is 1.33 bits per heavy atom. The second-order valence-electron chi connectivity index (χ2n) is 5.58. The van der Waals surface area contributed by atoms with Gasteiger partial charge in [0.2, 0.25) is 5.91 Å². The van der Waals surface area contributed by atoms with Gasteiger partial charge in [-0.15, -0.1) is 0 Å². The summed E-state index contributed by atoms with van der Waals surface area (Å²) in [6.45, 7) is 3.12. The molecule has 1 aliphatic carbocycles. The van der Waals surface area contributed by atoms with Gasteiger partial charge < -0.3 is 16.4 Å². The maximum Gasteiger partial charge on any atom is 0.221 e. The number of carbonyl (C=O) groups is 1. The van der Waals surface area contributed by atoms with Gasteiger partial charge in [0.1, 0.15) is 0 Å². The van der Waals surface area contributed by atoms with E-state index in [0.29, 0.717) is 5.96 Å². The van der Waals surface area contributed by atoms with Gasteiger partial charge in [-0.05, 0) is 42.9 Å². The van der Waals surface area contributed by atoms with E-state index in [1.165, 1.54) is 31.7 Å². The van der Waals surface area contributed by atoms with Crippen LogP contribution in [0.5, 0.6) is 0 Å². The average molecular weight is 288 g/mol. The summed E-state index contributed by atoms with van der Waals surface area (Å²) in [5.74, 6) is 1.23. The lowest BCUT2D eigenvalue weighted by Gasteiger charge is -2.23. The molecule has 1 saturated carbocycles. The van der Waals surface area contributed by atoms with E-state index in [-0.39, 0.29) is 5.91 Å². The van der Waals surface area contributed by atoms with E-state index in [9.17, 15) is 4.79 Å². The molecule has 0 aromatic heterocycles. The lowest BCUT2D eigenvalue weighted by molar-refractivity contribution is -0.114. The largest absolute Gasteiger partial charge is 0.370 e. The molecule has 1 aromatic carbocycles. The van der Waals surface area contributed by atoms with Crippen LogP contribution < -0.4 is 16.4 Å². The van der Waals surface area contributed by atoms with E-state index in [1.54, 1.807) is 0 Å². The molecule has 0 aliphatic heterocycles. The first-order chi connectivity index (χ1) is 10.1. The summed E-state index contributed by atoms with van der Waals surface area (Å²) in [5.41, 5.74) is 7.85. The Bertz CT molecular complexity index is 492. The van der Waals surface area contributed by atoms with Crippen molar-refractivity contribution in [2.45, 2.75) is 32.6 Å². The summed E-state index contributed by atoms with van der Waals surface area (Å²) in [6, 6.07) is 7.83. The van der Waals surface area contributed by atoms with Crippen LogP contribution in [0.15, 0.2) is 29.3 Å².